The first kappa shape index (κ1) is 81.2. The number of esters is 2. The number of methoxy groups -OCH3 is 1. The van der Waals surface area contributed by atoms with Crippen molar-refractivity contribution in [3.05, 3.63) is 191 Å². The number of nitrogens with zero attached hydrogens (tertiary/aromatic N) is 9. The van der Waals surface area contributed by atoms with Gasteiger partial charge in [0.1, 0.15) is 81.7 Å². The lowest BCUT2D eigenvalue weighted by molar-refractivity contribution is -0.179. The van der Waals surface area contributed by atoms with E-state index in [1.165, 1.54) is 91.9 Å². The SMILES string of the molecule is CCOC(=O)C(O)C(F)(F)c1ccccc1OCc1ccnn1CC(F)(F)F.COC(=O)C(F)(F)c1ccccc1OCc1ccnn1CC(F)(F)F.N#CC(O)C(F)(F)c1ccccc1OCc1ccnn1CC(F)(F)F.O=CC(F)(F)c1ccccc1OCc1ccnn1CC(F)(F)F. The van der Waals surface area contributed by atoms with Crippen LogP contribution in [0.4, 0.5) is 87.8 Å². The normalized spacial score (nSPS) is 12.7. The Morgan fingerprint density at radius 1 is 0.465 bits per heavy atom. The van der Waals surface area contributed by atoms with Gasteiger partial charge in [-0.3, -0.25) is 23.5 Å². The van der Waals surface area contributed by atoms with Crippen LogP contribution in [0, 0.1) is 11.3 Å². The van der Waals surface area contributed by atoms with Crippen LogP contribution >= 0.6 is 0 Å². The minimum atomic E-state index is -4.52. The third-order valence-corrected chi connectivity index (χ3v) is 12.9. The fourth-order valence-corrected chi connectivity index (χ4v) is 8.29. The number of aliphatic hydroxyl groups excluding tert-OH is 2. The average Bonchev–Trinajstić information content (AvgIpc) is 1.49. The Balaban J connectivity index is 0.000000243. The zero-order valence-corrected chi connectivity index (χ0v) is 51.6. The Labute approximate surface area is 556 Å². The van der Waals surface area contributed by atoms with Crippen molar-refractivity contribution in [2.24, 2.45) is 0 Å². The summed E-state index contributed by atoms with van der Waals surface area (Å²) in [6, 6.07) is 25.3. The molecule has 0 spiro atoms. The van der Waals surface area contributed by atoms with Gasteiger partial charge >= 0.3 is 60.3 Å². The van der Waals surface area contributed by atoms with Crippen LogP contribution in [0.3, 0.4) is 0 Å². The van der Waals surface area contributed by atoms with Gasteiger partial charge in [0.05, 0.1) is 58.7 Å². The minimum absolute atomic E-state index is 0.00128. The van der Waals surface area contributed by atoms with Gasteiger partial charge in [-0.25, -0.2) is 9.59 Å². The van der Waals surface area contributed by atoms with Crippen LogP contribution in [0.1, 0.15) is 52.0 Å². The Morgan fingerprint density at radius 2 is 0.752 bits per heavy atom. The molecule has 0 radical (unpaired) electrons. The van der Waals surface area contributed by atoms with Crippen LogP contribution in [0.25, 0.3) is 0 Å². The minimum Gasteiger partial charge on any atom is -0.487 e. The van der Waals surface area contributed by atoms with Crippen LogP contribution in [-0.2, 0) is 100 Å². The number of nitriles is 1. The summed E-state index contributed by atoms with van der Waals surface area (Å²) >= 11 is 0. The summed E-state index contributed by atoms with van der Waals surface area (Å²) in [5.41, 5.74) is -2.83. The van der Waals surface area contributed by atoms with Gasteiger partial charge in [-0.05, 0) is 79.7 Å². The van der Waals surface area contributed by atoms with Gasteiger partial charge < -0.3 is 38.6 Å². The number of alkyl halides is 20. The molecule has 20 nitrogen and oxygen atoms in total. The van der Waals surface area contributed by atoms with Crippen LogP contribution in [0.5, 0.6) is 23.0 Å². The summed E-state index contributed by atoms with van der Waals surface area (Å²) < 4.78 is 294. The zero-order chi connectivity index (χ0) is 75.4. The molecule has 4 aromatic carbocycles. The van der Waals surface area contributed by atoms with Crippen molar-refractivity contribution in [2.75, 3.05) is 13.7 Å². The molecular formula is C61H53F20N9O11. The van der Waals surface area contributed by atoms with E-state index >= 15 is 0 Å². The maximum absolute atomic E-state index is 14.6. The second kappa shape index (κ2) is 34.5. The molecule has 2 atom stereocenters. The lowest BCUT2D eigenvalue weighted by Gasteiger charge is -2.23. The number of halogens is 20. The van der Waals surface area contributed by atoms with E-state index in [1.54, 1.807) is 0 Å². The molecule has 0 saturated heterocycles. The summed E-state index contributed by atoms with van der Waals surface area (Å²) in [6.45, 7) is -5.95. The van der Waals surface area contributed by atoms with Crippen molar-refractivity contribution < 1.29 is 141 Å². The van der Waals surface area contributed by atoms with Crippen molar-refractivity contribution in [1.82, 2.24) is 39.1 Å². The first-order chi connectivity index (χ1) is 47.1. The van der Waals surface area contributed by atoms with Crippen molar-refractivity contribution in [3.8, 4) is 29.1 Å². The average molecular weight is 1470 g/mol. The third-order valence-electron chi connectivity index (χ3n) is 12.9. The molecule has 40 heteroatoms. The molecule has 0 saturated carbocycles. The Hall–Kier alpha value is -10.5. The quantitative estimate of drug-likeness (QED) is 0.0222. The molecule has 0 amide bonds. The summed E-state index contributed by atoms with van der Waals surface area (Å²) in [4.78, 5) is 33.2. The number of benzene rings is 4. The number of ether oxygens (including phenoxy) is 6. The molecule has 0 bridgehead atoms. The third kappa shape index (κ3) is 23.9. The fraction of sp³-hybridized carbons (Fsp3) is 0.344. The van der Waals surface area contributed by atoms with Gasteiger partial charge in [0.2, 0.25) is 12.2 Å². The van der Waals surface area contributed by atoms with E-state index in [9.17, 15) is 112 Å². The van der Waals surface area contributed by atoms with E-state index in [1.807, 2.05) is 0 Å². The van der Waals surface area contributed by atoms with E-state index in [2.05, 4.69) is 29.9 Å². The highest BCUT2D eigenvalue weighted by atomic mass is 19.4. The molecular weight excluding hydrogens is 1410 g/mol. The van der Waals surface area contributed by atoms with Crippen LogP contribution in [-0.4, -0.2) is 118 Å². The topological polar surface area (TPSA) is 242 Å². The first-order valence-corrected chi connectivity index (χ1v) is 28.3. The number of aldehydes is 1. The van der Waals surface area contributed by atoms with Crippen LogP contribution in [0.2, 0.25) is 0 Å². The maximum Gasteiger partial charge on any atom is 0.408 e. The highest BCUT2D eigenvalue weighted by Crippen LogP contribution is 2.41. The van der Waals surface area contributed by atoms with Gasteiger partial charge in [0, 0.05) is 24.8 Å². The molecule has 0 aliphatic rings. The molecule has 4 aromatic heterocycles. The predicted octanol–water partition coefficient (Wildman–Crippen LogP) is 12.6. The van der Waals surface area contributed by atoms with Gasteiger partial charge in [0.15, 0.2) is 6.29 Å². The predicted molar refractivity (Wildman–Crippen MR) is 304 cm³/mol. The van der Waals surface area contributed by atoms with E-state index in [4.69, 9.17) is 24.2 Å². The molecule has 0 aliphatic heterocycles. The number of para-hydroxylation sites is 4. The fourth-order valence-electron chi connectivity index (χ4n) is 8.29. The number of carbonyl (C=O) groups excluding carboxylic acids is 3. The number of aliphatic hydroxyl groups is 2. The molecule has 0 aliphatic carbocycles. The Kier molecular flexibility index (Phi) is 27.8. The lowest BCUT2D eigenvalue weighted by Crippen LogP contribution is -2.39. The van der Waals surface area contributed by atoms with Gasteiger partial charge in [-0.15, -0.1) is 0 Å². The maximum atomic E-state index is 14.6. The summed E-state index contributed by atoms with van der Waals surface area (Å²) in [5, 5.41) is 41.4. The molecule has 4 heterocycles. The highest BCUT2D eigenvalue weighted by molar-refractivity contribution is 5.80. The van der Waals surface area contributed by atoms with E-state index < -0.39 is 159 Å². The molecule has 0 fully saturated rings. The summed E-state index contributed by atoms with van der Waals surface area (Å²) in [6.07, 6.45) is -19.3. The molecule has 2 unspecified atom stereocenters. The molecule has 8 rings (SSSR count). The molecule has 548 valence electrons. The second-order valence-corrected chi connectivity index (χ2v) is 20.3. The number of aromatic nitrogens is 8. The van der Waals surface area contributed by atoms with Gasteiger partial charge in [-0.2, -0.15) is 113 Å². The number of hydrogen-bond donors (Lipinski definition) is 2. The van der Waals surface area contributed by atoms with Crippen LogP contribution in [0.15, 0.2) is 146 Å². The summed E-state index contributed by atoms with van der Waals surface area (Å²) in [7, 11) is 0.815. The molecule has 2 N–H and O–H groups in total. The van der Waals surface area contributed by atoms with Crippen molar-refractivity contribution in [3.63, 3.8) is 0 Å². The summed E-state index contributed by atoms with van der Waals surface area (Å²) in [5.74, 6) is -20.3. The Morgan fingerprint density at radius 3 is 1.05 bits per heavy atom. The lowest BCUT2D eigenvalue weighted by atomic mass is 10.0. The number of rotatable bonds is 26. The smallest absolute Gasteiger partial charge is 0.408 e. The van der Waals surface area contributed by atoms with Crippen LogP contribution < -0.4 is 18.9 Å². The Bertz CT molecular complexity index is 4010. The number of carbonyl (C=O) groups is 3. The molecule has 101 heavy (non-hydrogen) atoms. The zero-order valence-electron chi connectivity index (χ0n) is 51.6. The monoisotopic (exact) mass is 1470 g/mol. The van der Waals surface area contributed by atoms with Crippen molar-refractivity contribution in [1.29, 1.82) is 5.26 Å². The standard InChI is InChI=1S/C17H17F5N2O4.C15H12F5N3O2.C15H13F5N2O3.C14H11F5N2O2/c1-2-27-15(26)14(25)17(21,22)12-5-3-4-6-13(12)28-9-11-7-8-23-24(11)10-16(18,19)20;16-14(17,18)9-23-10(5-6-22-23)8-25-12-4-2-1-3-11(12)15(19,20)13(24)7-21;1-24-13(23)15(19,20)11-4-2-3-5-12(11)25-8-10-6-7-21-22(10)9-14(16,17)18;15-13(16,9-22)11-3-1-2-4-12(11)23-7-10-5-6-20-21(10)8-14(17,18)19/h3-8,14,25H,2,9-10H2,1H3;1-6,13,24H,8-9H2;2-7H,8-9H2,1H3;1-6,9H,7-8H2. The molecule has 8 aromatic rings. The van der Waals surface area contributed by atoms with E-state index in [-0.39, 0.29) is 46.6 Å². The largest absolute Gasteiger partial charge is 0.487 e. The van der Waals surface area contributed by atoms with E-state index in [0.717, 1.165) is 74.4 Å². The van der Waals surface area contributed by atoms with Crippen molar-refractivity contribution in [2.45, 2.75) is 120 Å². The van der Waals surface area contributed by atoms with E-state index in [0.29, 0.717) is 18.7 Å². The number of hydrogen-bond acceptors (Lipinski definition) is 16. The second-order valence-electron chi connectivity index (χ2n) is 20.3. The van der Waals surface area contributed by atoms with Crippen molar-refractivity contribution >= 4 is 18.2 Å². The van der Waals surface area contributed by atoms with Gasteiger partial charge in [-0.1, -0.05) is 48.5 Å². The first-order valence-electron chi connectivity index (χ1n) is 28.3. The van der Waals surface area contributed by atoms with Gasteiger partial charge in [0.25, 0.3) is 0 Å². The highest BCUT2D eigenvalue weighted by Gasteiger charge is 2.49.